The molecule has 2 aromatic rings. The smallest absolute Gasteiger partial charge is 0.260 e. The fourth-order valence-corrected chi connectivity index (χ4v) is 3.56. The first kappa shape index (κ1) is 11.9. The number of hydrogen-bond donors (Lipinski definition) is 0. The first-order chi connectivity index (χ1) is 9.63. The quantitative estimate of drug-likeness (QED) is 0.769. The van der Waals surface area contributed by atoms with E-state index in [4.69, 9.17) is 0 Å². The molecule has 0 unspecified atom stereocenters. The molecule has 1 aromatic heterocycles. The number of nitrogens with zero attached hydrogens (tertiary/aromatic N) is 4. The Kier molecular flexibility index (Phi) is 2.41. The van der Waals surface area contributed by atoms with Gasteiger partial charge in [0.15, 0.2) is 0 Å². The van der Waals surface area contributed by atoms with Crippen molar-refractivity contribution in [2.75, 3.05) is 25.0 Å². The monoisotopic (exact) mass is 270 g/mol. The van der Waals surface area contributed by atoms with Gasteiger partial charge >= 0.3 is 0 Å². The molecule has 0 amide bonds. The molecule has 0 N–H and O–H groups in total. The van der Waals surface area contributed by atoms with E-state index in [1.807, 2.05) is 12.1 Å². The molecule has 0 spiro atoms. The van der Waals surface area contributed by atoms with Crippen molar-refractivity contribution < 1.29 is 0 Å². The first-order valence-corrected chi connectivity index (χ1v) is 7.06. The Labute approximate surface area is 117 Å². The van der Waals surface area contributed by atoms with Gasteiger partial charge in [0.2, 0.25) is 0 Å². The van der Waals surface area contributed by atoms with Crippen LogP contribution in [0.1, 0.15) is 6.42 Å². The molecular formula is C15H18N4O. The zero-order valence-electron chi connectivity index (χ0n) is 11.8. The van der Waals surface area contributed by atoms with Crippen LogP contribution >= 0.6 is 0 Å². The van der Waals surface area contributed by atoms with Gasteiger partial charge in [-0.2, -0.15) is 0 Å². The molecule has 2 atom stereocenters. The van der Waals surface area contributed by atoms with Gasteiger partial charge in [-0.3, -0.25) is 9.69 Å². The van der Waals surface area contributed by atoms with Gasteiger partial charge in [-0.25, -0.2) is 4.98 Å². The molecule has 2 aliphatic heterocycles. The van der Waals surface area contributed by atoms with Crippen molar-refractivity contribution >= 4 is 16.6 Å². The lowest BCUT2D eigenvalue weighted by Gasteiger charge is -2.33. The molecule has 2 saturated heterocycles. The van der Waals surface area contributed by atoms with Gasteiger partial charge in [-0.1, -0.05) is 0 Å². The Balaban J connectivity index is 1.79. The summed E-state index contributed by atoms with van der Waals surface area (Å²) in [5.74, 6) is 0. The van der Waals surface area contributed by atoms with Crippen LogP contribution in [0.3, 0.4) is 0 Å². The molecule has 1 aromatic carbocycles. The predicted octanol–water partition coefficient (Wildman–Crippen LogP) is 0.826. The first-order valence-electron chi connectivity index (χ1n) is 7.06. The minimum Gasteiger partial charge on any atom is -0.366 e. The van der Waals surface area contributed by atoms with E-state index in [9.17, 15) is 4.79 Å². The summed E-state index contributed by atoms with van der Waals surface area (Å²) in [4.78, 5) is 21.4. The highest BCUT2D eigenvalue weighted by Gasteiger charge is 2.41. The van der Waals surface area contributed by atoms with Crippen LogP contribution in [0.2, 0.25) is 0 Å². The number of likely N-dealkylation sites (tertiary alicyclic amines) is 1. The van der Waals surface area contributed by atoms with Crippen LogP contribution in [0.5, 0.6) is 0 Å². The molecule has 2 aliphatic rings. The Morgan fingerprint density at radius 2 is 2.05 bits per heavy atom. The Bertz CT molecular complexity index is 736. The van der Waals surface area contributed by atoms with Crippen molar-refractivity contribution in [3.05, 3.63) is 34.9 Å². The molecule has 5 nitrogen and oxygen atoms in total. The van der Waals surface area contributed by atoms with E-state index in [2.05, 4.69) is 27.9 Å². The van der Waals surface area contributed by atoms with Gasteiger partial charge in [0, 0.05) is 37.9 Å². The number of anilines is 1. The number of piperazine rings is 1. The third-order valence-corrected chi connectivity index (χ3v) is 4.75. The maximum absolute atomic E-state index is 12.2. The van der Waals surface area contributed by atoms with E-state index in [1.54, 1.807) is 13.4 Å². The maximum Gasteiger partial charge on any atom is 0.260 e. The van der Waals surface area contributed by atoms with Gasteiger partial charge < -0.3 is 9.47 Å². The Hall–Kier alpha value is -1.88. The van der Waals surface area contributed by atoms with Crippen LogP contribution in [0.15, 0.2) is 29.3 Å². The summed E-state index contributed by atoms with van der Waals surface area (Å²) in [7, 11) is 3.94. The second kappa shape index (κ2) is 4.06. The Morgan fingerprint density at radius 1 is 1.20 bits per heavy atom. The molecule has 20 heavy (non-hydrogen) atoms. The number of benzene rings is 1. The standard InChI is InChI=1S/C15H18N4O/c1-17-7-12-5-11(17)8-19(12)10-3-4-14-13(6-10)15(20)18(2)9-16-14/h3-4,6,9,11-12H,5,7-8H2,1-2H3/t11-,12-/m0/s1. The third kappa shape index (κ3) is 1.59. The molecule has 0 radical (unpaired) electrons. The molecular weight excluding hydrogens is 252 g/mol. The lowest BCUT2D eigenvalue weighted by Crippen LogP contribution is -2.44. The zero-order valence-corrected chi connectivity index (χ0v) is 11.8. The normalized spacial score (nSPS) is 25.8. The van der Waals surface area contributed by atoms with Crippen molar-refractivity contribution in [3.63, 3.8) is 0 Å². The fraction of sp³-hybridized carbons (Fsp3) is 0.467. The van der Waals surface area contributed by atoms with Crippen molar-refractivity contribution in [3.8, 4) is 0 Å². The zero-order chi connectivity index (χ0) is 13.9. The summed E-state index contributed by atoms with van der Waals surface area (Å²) in [5, 5.41) is 0.712. The second-order valence-corrected chi connectivity index (χ2v) is 6.00. The van der Waals surface area contributed by atoms with E-state index < -0.39 is 0 Å². The van der Waals surface area contributed by atoms with Gasteiger partial charge in [0.05, 0.1) is 17.2 Å². The highest BCUT2D eigenvalue weighted by atomic mass is 16.1. The minimum absolute atomic E-state index is 0.0262. The highest BCUT2D eigenvalue weighted by Crippen LogP contribution is 2.34. The average Bonchev–Trinajstić information content (AvgIpc) is 3.02. The molecule has 2 bridgehead atoms. The van der Waals surface area contributed by atoms with Gasteiger partial charge in [-0.05, 0) is 31.7 Å². The third-order valence-electron chi connectivity index (χ3n) is 4.75. The topological polar surface area (TPSA) is 41.4 Å². The molecule has 3 heterocycles. The van der Waals surface area contributed by atoms with Crippen LogP contribution in [0.4, 0.5) is 5.69 Å². The summed E-state index contributed by atoms with van der Waals surface area (Å²) >= 11 is 0. The van der Waals surface area contributed by atoms with Gasteiger partial charge in [0.1, 0.15) is 0 Å². The fourth-order valence-electron chi connectivity index (χ4n) is 3.56. The SMILES string of the molecule is CN1C[C@@H]2C[C@H]1CN2c1ccc2ncn(C)c(=O)c2c1. The van der Waals surface area contributed by atoms with Crippen LogP contribution in [-0.4, -0.2) is 46.7 Å². The number of hydrogen-bond acceptors (Lipinski definition) is 4. The molecule has 104 valence electrons. The Morgan fingerprint density at radius 3 is 2.75 bits per heavy atom. The number of aromatic nitrogens is 2. The summed E-state index contributed by atoms with van der Waals surface area (Å²) < 4.78 is 1.54. The molecule has 2 fully saturated rings. The molecule has 4 rings (SSSR count). The summed E-state index contributed by atoms with van der Waals surface area (Å²) in [5.41, 5.74) is 1.96. The number of aryl methyl sites for hydroxylation is 1. The largest absolute Gasteiger partial charge is 0.366 e. The van der Waals surface area contributed by atoms with Crippen molar-refractivity contribution in [2.24, 2.45) is 7.05 Å². The van der Waals surface area contributed by atoms with Crippen molar-refractivity contribution in [1.82, 2.24) is 14.5 Å². The maximum atomic E-state index is 12.2. The number of fused-ring (bicyclic) bond motifs is 3. The van der Waals surface area contributed by atoms with Crippen LogP contribution in [0, 0.1) is 0 Å². The van der Waals surface area contributed by atoms with E-state index in [1.165, 1.54) is 11.0 Å². The highest BCUT2D eigenvalue weighted by molar-refractivity contribution is 5.81. The van der Waals surface area contributed by atoms with E-state index in [0.717, 1.165) is 24.3 Å². The second-order valence-electron chi connectivity index (χ2n) is 6.00. The van der Waals surface area contributed by atoms with Crippen molar-refractivity contribution in [1.29, 1.82) is 0 Å². The summed E-state index contributed by atoms with van der Waals surface area (Å²) in [6, 6.07) is 7.30. The lowest BCUT2D eigenvalue weighted by atomic mass is 10.2. The van der Waals surface area contributed by atoms with Crippen molar-refractivity contribution in [2.45, 2.75) is 18.5 Å². The van der Waals surface area contributed by atoms with Gasteiger partial charge in [-0.15, -0.1) is 0 Å². The molecule has 5 heteroatoms. The number of rotatable bonds is 1. The van der Waals surface area contributed by atoms with Gasteiger partial charge in [0.25, 0.3) is 5.56 Å². The molecule has 0 aliphatic carbocycles. The summed E-state index contributed by atoms with van der Waals surface area (Å²) in [6.07, 6.45) is 2.82. The lowest BCUT2D eigenvalue weighted by molar-refractivity contribution is 0.292. The minimum atomic E-state index is 0.0262. The summed E-state index contributed by atoms with van der Waals surface area (Å²) in [6.45, 7) is 2.18. The average molecular weight is 270 g/mol. The van der Waals surface area contributed by atoms with E-state index in [0.29, 0.717) is 17.5 Å². The number of likely N-dealkylation sites (N-methyl/N-ethyl adjacent to an activating group) is 1. The van der Waals surface area contributed by atoms with E-state index >= 15 is 0 Å². The van der Waals surface area contributed by atoms with Crippen LogP contribution in [0.25, 0.3) is 10.9 Å². The molecule has 0 saturated carbocycles. The van der Waals surface area contributed by atoms with E-state index in [-0.39, 0.29) is 5.56 Å². The predicted molar refractivity (Wildman–Crippen MR) is 79.2 cm³/mol. The van der Waals surface area contributed by atoms with Crippen LogP contribution < -0.4 is 10.5 Å². The van der Waals surface area contributed by atoms with Crippen LogP contribution in [-0.2, 0) is 7.05 Å².